The molecule has 0 spiro atoms. The van der Waals surface area contributed by atoms with Gasteiger partial charge in [-0.05, 0) is 61.3 Å². The summed E-state index contributed by atoms with van der Waals surface area (Å²) in [6, 6.07) is 13.6. The Kier molecular flexibility index (Phi) is 6.04. The third kappa shape index (κ3) is 5.01. The zero-order chi connectivity index (χ0) is 20.9. The monoisotopic (exact) mass is 410 g/mol. The van der Waals surface area contributed by atoms with Crippen LogP contribution in [0.2, 0.25) is 0 Å². The fraction of sp³-hybridized carbons (Fsp3) is 0.318. The van der Waals surface area contributed by atoms with E-state index < -0.39 is 11.6 Å². The molecule has 2 aromatic carbocycles. The maximum absolute atomic E-state index is 13.0. The largest absolute Gasteiger partial charge is 0.437 e. The van der Waals surface area contributed by atoms with Gasteiger partial charge in [0.1, 0.15) is 12.4 Å². The molecule has 1 N–H and O–H groups in total. The Morgan fingerprint density at radius 1 is 1.03 bits per heavy atom. The van der Waals surface area contributed by atoms with Crippen molar-refractivity contribution in [3.63, 3.8) is 0 Å². The van der Waals surface area contributed by atoms with Gasteiger partial charge in [0.15, 0.2) is 0 Å². The minimum absolute atomic E-state index is 0.0430. The van der Waals surface area contributed by atoms with Gasteiger partial charge in [0.25, 0.3) is 0 Å². The summed E-state index contributed by atoms with van der Waals surface area (Å²) in [6.45, 7) is 3.37. The summed E-state index contributed by atoms with van der Waals surface area (Å²) in [4.78, 5) is 26.6. The van der Waals surface area contributed by atoms with Crippen LogP contribution in [0.4, 0.5) is 4.39 Å². The molecule has 3 aromatic rings. The van der Waals surface area contributed by atoms with Crippen LogP contribution >= 0.6 is 0 Å². The van der Waals surface area contributed by atoms with Crippen molar-refractivity contribution in [3.8, 4) is 11.5 Å². The van der Waals surface area contributed by atoms with Gasteiger partial charge in [0.05, 0.1) is 0 Å². The molecule has 0 aliphatic carbocycles. The van der Waals surface area contributed by atoms with E-state index in [1.54, 1.807) is 0 Å². The summed E-state index contributed by atoms with van der Waals surface area (Å²) in [5.41, 5.74) is 2.70. The Balaban J connectivity index is 1.30. The van der Waals surface area contributed by atoms with E-state index in [2.05, 4.69) is 27.4 Å². The molecule has 2 heterocycles. The molecule has 0 unspecified atom stereocenters. The van der Waals surface area contributed by atoms with E-state index in [1.807, 2.05) is 12.1 Å². The van der Waals surface area contributed by atoms with Crippen molar-refractivity contribution in [1.29, 1.82) is 0 Å². The highest BCUT2D eigenvalue weighted by Crippen LogP contribution is 2.16. The van der Waals surface area contributed by atoms with Crippen LogP contribution in [0.1, 0.15) is 24.0 Å². The van der Waals surface area contributed by atoms with Crippen molar-refractivity contribution < 1.29 is 13.6 Å². The summed E-state index contributed by atoms with van der Waals surface area (Å²) >= 11 is 0. The SMILES string of the molecule is O=C(Cn1nc(-c2ccc(F)cc2)oc1=O)NCc1ccc(CN2CCCC2)cc1. The number of halogens is 1. The standard InChI is InChI=1S/C22H23FN4O3/c23-19-9-7-18(8-10-19)21-25-27(22(29)30-21)15-20(28)24-13-16-3-5-17(6-4-16)14-26-11-1-2-12-26/h3-10H,1-2,11-15H2,(H,24,28). The second-order valence-corrected chi connectivity index (χ2v) is 7.41. The van der Waals surface area contributed by atoms with Crippen molar-refractivity contribution in [3.05, 3.63) is 76.0 Å². The molecule has 0 saturated carbocycles. The summed E-state index contributed by atoms with van der Waals surface area (Å²) in [6.07, 6.45) is 2.54. The molecule has 0 atom stereocenters. The minimum Gasteiger partial charge on any atom is -0.388 e. The number of carbonyl (C=O) groups excluding carboxylic acids is 1. The van der Waals surface area contributed by atoms with Gasteiger partial charge in [0.2, 0.25) is 11.8 Å². The second kappa shape index (κ2) is 9.04. The zero-order valence-electron chi connectivity index (χ0n) is 16.5. The summed E-state index contributed by atoms with van der Waals surface area (Å²) in [5.74, 6) is -1.45. The van der Waals surface area contributed by atoms with E-state index in [0.717, 1.165) is 29.9 Å². The number of rotatable bonds is 7. The van der Waals surface area contributed by atoms with Crippen molar-refractivity contribution in [1.82, 2.24) is 20.0 Å². The lowest BCUT2D eigenvalue weighted by molar-refractivity contribution is -0.122. The van der Waals surface area contributed by atoms with Gasteiger partial charge >= 0.3 is 5.76 Å². The lowest BCUT2D eigenvalue weighted by Gasteiger charge is -2.14. The number of nitrogens with one attached hydrogen (secondary N) is 1. The normalized spacial score (nSPS) is 14.2. The molecule has 1 aliphatic heterocycles. The molecular formula is C22H23FN4O3. The first kappa shape index (κ1) is 20.0. The van der Waals surface area contributed by atoms with Crippen molar-refractivity contribution >= 4 is 5.91 Å². The fourth-order valence-electron chi connectivity index (χ4n) is 3.47. The lowest BCUT2D eigenvalue weighted by atomic mass is 10.1. The Labute approximate surface area is 173 Å². The van der Waals surface area contributed by atoms with E-state index in [9.17, 15) is 14.0 Å². The number of benzene rings is 2. The number of carbonyl (C=O) groups is 1. The number of amides is 1. The van der Waals surface area contributed by atoms with Crippen LogP contribution in [0.5, 0.6) is 0 Å². The topological polar surface area (TPSA) is 80.4 Å². The van der Waals surface area contributed by atoms with E-state index >= 15 is 0 Å². The van der Waals surface area contributed by atoms with Crippen molar-refractivity contribution in [2.24, 2.45) is 0 Å². The Bertz CT molecular complexity index is 1050. The number of hydrogen-bond acceptors (Lipinski definition) is 5. The Morgan fingerprint density at radius 3 is 2.40 bits per heavy atom. The number of nitrogens with zero attached hydrogens (tertiary/aromatic N) is 3. The van der Waals surface area contributed by atoms with E-state index in [4.69, 9.17) is 4.42 Å². The molecule has 1 amide bonds. The van der Waals surface area contributed by atoms with E-state index in [-0.39, 0.29) is 18.3 Å². The van der Waals surface area contributed by atoms with Gasteiger partial charge < -0.3 is 9.73 Å². The number of likely N-dealkylation sites (tertiary alicyclic amines) is 1. The van der Waals surface area contributed by atoms with Crippen LogP contribution in [0.15, 0.2) is 57.7 Å². The third-order valence-corrected chi connectivity index (χ3v) is 5.11. The van der Waals surface area contributed by atoms with Crippen LogP contribution in [0.3, 0.4) is 0 Å². The molecule has 1 saturated heterocycles. The zero-order valence-corrected chi connectivity index (χ0v) is 16.5. The molecule has 156 valence electrons. The van der Waals surface area contributed by atoms with Crippen LogP contribution < -0.4 is 11.1 Å². The van der Waals surface area contributed by atoms with Crippen LogP contribution in [-0.4, -0.2) is 33.7 Å². The van der Waals surface area contributed by atoms with E-state index in [0.29, 0.717) is 12.1 Å². The average molecular weight is 410 g/mol. The Hall–Kier alpha value is -3.26. The molecule has 7 nitrogen and oxygen atoms in total. The molecule has 8 heteroatoms. The highest BCUT2D eigenvalue weighted by molar-refractivity contribution is 5.75. The summed E-state index contributed by atoms with van der Waals surface area (Å²) in [7, 11) is 0. The van der Waals surface area contributed by atoms with E-state index in [1.165, 1.54) is 42.7 Å². The first-order valence-electron chi connectivity index (χ1n) is 9.97. The van der Waals surface area contributed by atoms with Crippen molar-refractivity contribution in [2.45, 2.75) is 32.5 Å². The van der Waals surface area contributed by atoms with Gasteiger partial charge in [-0.15, -0.1) is 5.10 Å². The molecule has 1 aromatic heterocycles. The molecule has 0 bridgehead atoms. The maximum Gasteiger partial charge on any atom is 0.437 e. The van der Waals surface area contributed by atoms with Crippen LogP contribution in [0, 0.1) is 5.82 Å². The average Bonchev–Trinajstić information content (AvgIpc) is 3.38. The molecule has 30 heavy (non-hydrogen) atoms. The first-order chi connectivity index (χ1) is 14.6. The van der Waals surface area contributed by atoms with Gasteiger partial charge in [-0.3, -0.25) is 9.69 Å². The summed E-state index contributed by atoms with van der Waals surface area (Å²) in [5, 5.41) is 6.80. The number of aromatic nitrogens is 2. The molecular weight excluding hydrogens is 387 g/mol. The third-order valence-electron chi connectivity index (χ3n) is 5.11. The molecule has 0 radical (unpaired) electrons. The first-order valence-corrected chi connectivity index (χ1v) is 9.97. The lowest BCUT2D eigenvalue weighted by Crippen LogP contribution is -2.31. The maximum atomic E-state index is 13.0. The highest BCUT2D eigenvalue weighted by Gasteiger charge is 2.14. The fourth-order valence-corrected chi connectivity index (χ4v) is 3.47. The molecule has 1 aliphatic rings. The van der Waals surface area contributed by atoms with Crippen molar-refractivity contribution in [2.75, 3.05) is 13.1 Å². The Morgan fingerprint density at radius 2 is 1.70 bits per heavy atom. The predicted molar refractivity (Wildman–Crippen MR) is 109 cm³/mol. The second-order valence-electron chi connectivity index (χ2n) is 7.41. The highest BCUT2D eigenvalue weighted by atomic mass is 19.1. The van der Waals surface area contributed by atoms with Gasteiger partial charge in [0, 0.05) is 18.7 Å². The van der Waals surface area contributed by atoms with Crippen LogP contribution in [0.25, 0.3) is 11.5 Å². The minimum atomic E-state index is -0.740. The van der Waals surface area contributed by atoms with Crippen LogP contribution in [-0.2, 0) is 24.4 Å². The predicted octanol–water partition coefficient (Wildman–Crippen LogP) is 2.55. The molecule has 1 fully saturated rings. The quantitative estimate of drug-likeness (QED) is 0.648. The van der Waals surface area contributed by atoms with Gasteiger partial charge in [-0.25, -0.2) is 9.18 Å². The smallest absolute Gasteiger partial charge is 0.388 e. The van der Waals surface area contributed by atoms with Gasteiger partial charge in [-0.1, -0.05) is 24.3 Å². The summed E-state index contributed by atoms with van der Waals surface area (Å²) < 4.78 is 19.0. The van der Waals surface area contributed by atoms with Gasteiger partial charge in [-0.2, -0.15) is 4.68 Å². The molecule has 4 rings (SSSR count). The number of hydrogen-bond donors (Lipinski definition) is 1.